The number of hydrazine groups is 1. The molecule has 0 unspecified atom stereocenters. The van der Waals surface area contributed by atoms with Crippen LogP contribution >= 0.6 is 0 Å². The molecule has 0 saturated carbocycles. The van der Waals surface area contributed by atoms with Crippen molar-refractivity contribution in [3.05, 3.63) is 95.8 Å². The highest BCUT2D eigenvalue weighted by Gasteiger charge is 2.40. The number of esters is 1. The number of hydrogen-bond acceptors (Lipinski definition) is 9. The van der Waals surface area contributed by atoms with Crippen LogP contribution in [0.4, 0.5) is 0 Å². The Morgan fingerprint density at radius 1 is 1.01 bits per heavy atom. The second-order valence-electron chi connectivity index (χ2n) is 21.7. The predicted octanol–water partition coefficient (Wildman–Crippen LogP) is 7.40. The summed E-state index contributed by atoms with van der Waals surface area (Å²) in [6, 6.07) is 14.4. The van der Waals surface area contributed by atoms with Crippen molar-refractivity contribution in [3.63, 3.8) is 0 Å². The fraction of sp³-hybridized carbons (Fsp3) is 0.509. The number of likely N-dealkylation sites (N-methyl/N-ethyl adjacent to an activating group) is 2. The highest BCUT2D eigenvalue weighted by Crippen LogP contribution is 2.43. The van der Waals surface area contributed by atoms with Crippen molar-refractivity contribution in [2.45, 2.75) is 118 Å². The van der Waals surface area contributed by atoms with Crippen LogP contribution in [0.15, 0.2) is 73.5 Å². The Morgan fingerprint density at radius 2 is 1.79 bits per heavy atom. The molecule has 4 atom stereocenters. The third-order valence-electron chi connectivity index (χ3n) is 15.0. The maximum Gasteiger partial charge on any atom is 0.324 e. The highest BCUT2D eigenvalue weighted by molar-refractivity contribution is 5.96. The molecule has 71 heavy (non-hydrogen) atoms. The van der Waals surface area contributed by atoms with Gasteiger partial charge in [-0.1, -0.05) is 84.5 Å². The fourth-order valence-electron chi connectivity index (χ4n) is 11.2. The summed E-state index contributed by atoms with van der Waals surface area (Å²) < 4.78 is 8.64. The molecule has 4 aromatic rings. The van der Waals surface area contributed by atoms with Crippen LogP contribution in [0.3, 0.4) is 0 Å². The molecular weight excluding hydrogens is 893 g/mol. The maximum atomic E-state index is 14.8. The summed E-state index contributed by atoms with van der Waals surface area (Å²) in [6.45, 7) is 22.0. The van der Waals surface area contributed by atoms with E-state index in [2.05, 4.69) is 111 Å². The molecule has 0 aliphatic carbocycles. The minimum atomic E-state index is -1.05. The van der Waals surface area contributed by atoms with Crippen molar-refractivity contribution in [2.24, 2.45) is 17.3 Å². The number of nitrogens with one attached hydrogen (secondary N) is 2. The van der Waals surface area contributed by atoms with Crippen LogP contribution in [0, 0.1) is 17.3 Å². The minimum Gasteiger partial charge on any atom is -0.464 e. The number of carbonyl (C=O) groups is 5. The summed E-state index contributed by atoms with van der Waals surface area (Å²) in [4.78, 5) is 80.4. The molecule has 4 amide bonds. The smallest absolute Gasteiger partial charge is 0.324 e. The molecule has 4 aliphatic heterocycles. The minimum absolute atomic E-state index is 0.151. The first-order valence-electron chi connectivity index (χ1n) is 25.7. The number of nitrogens with zero attached hydrogens (tertiary/aromatic N) is 6. The van der Waals surface area contributed by atoms with Gasteiger partial charge in [-0.25, -0.2) is 5.43 Å². The van der Waals surface area contributed by atoms with Crippen LogP contribution in [-0.2, 0) is 48.1 Å². The van der Waals surface area contributed by atoms with Gasteiger partial charge in [-0.2, -0.15) is 0 Å². The standard InChI is InChI=1S/C57H74N8O6/c1-11-49(66)63-26-22-41(33-63)54(68)62(10)51(36(5)6)53(67)59-47-28-37-15-13-16-39(27-37)40-18-19-48-43(29-40)45(31-57(7,8)34-71-56(70)46-17-14-23-65(60-46)55(47)69)52(64(48)12-2)44-30-42(32-58-50(44)35(3)4)38-20-24-61(9)25-21-38/h11,13,15-16,18-20,27,29-30,32,35-36,41,46-47,51,60H,1,12,14,17,21-26,28,31,33-34H2,2-10H3,(H,59,67)/t41-,46-,47-,51-/m0/s1. The number of aryl methyl sites for hydroxylation is 1. The van der Waals surface area contributed by atoms with Gasteiger partial charge < -0.3 is 29.3 Å². The lowest BCUT2D eigenvalue weighted by molar-refractivity contribution is -0.155. The topological polar surface area (TPSA) is 149 Å². The molecule has 4 aliphatic rings. The van der Waals surface area contributed by atoms with Crippen molar-refractivity contribution in [3.8, 4) is 22.4 Å². The summed E-state index contributed by atoms with van der Waals surface area (Å²) in [6.07, 6.45) is 8.86. The molecule has 2 aromatic heterocycles. The molecule has 2 aromatic carbocycles. The van der Waals surface area contributed by atoms with Gasteiger partial charge in [-0.15, -0.1) is 0 Å². The maximum absolute atomic E-state index is 14.8. The van der Waals surface area contributed by atoms with E-state index in [1.165, 1.54) is 27.1 Å². The first-order valence-corrected chi connectivity index (χ1v) is 25.7. The van der Waals surface area contributed by atoms with E-state index in [9.17, 15) is 24.0 Å². The molecule has 0 radical (unpaired) electrons. The predicted molar refractivity (Wildman–Crippen MR) is 279 cm³/mol. The number of pyridine rings is 1. The van der Waals surface area contributed by atoms with E-state index in [4.69, 9.17) is 9.72 Å². The molecule has 2 N–H and O–H groups in total. The van der Waals surface area contributed by atoms with Crippen molar-refractivity contribution in [1.29, 1.82) is 0 Å². The fourth-order valence-corrected chi connectivity index (χ4v) is 11.2. The third kappa shape index (κ3) is 10.9. The van der Waals surface area contributed by atoms with Gasteiger partial charge in [-0.3, -0.25) is 34.0 Å². The van der Waals surface area contributed by atoms with E-state index in [1.807, 2.05) is 32.2 Å². The molecule has 14 nitrogen and oxygen atoms in total. The molecule has 378 valence electrons. The summed E-state index contributed by atoms with van der Waals surface area (Å²) >= 11 is 0. The quantitative estimate of drug-likeness (QED) is 0.123. The number of fused-ring (bicyclic) bond motifs is 6. The first kappa shape index (κ1) is 51.2. The number of benzene rings is 2. The Kier molecular flexibility index (Phi) is 15.4. The van der Waals surface area contributed by atoms with E-state index >= 15 is 0 Å². The number of cyclic esters (lactones) is 1. The SMILES string of the molecule is C=CC(=O)N1CC[C@H](C(=O)N(C)[C@H](C(=O)N[C@H]2Cc3cccc(c3)-c3ccc4c(c3)c(c(-c3cc(C5=CCN(C)CC5)cnc3C(C)C)n4CC)CC(C)(C)COC(=O)[C@@H]3CCCN(N3)C2=O)C(C)C)C1. The van der Waals surface area contributed by atoms with Gasteiger partial charge in [0.1, 0.15) is 18.1 Å². The van der Waals surface area contributed by atoms with Gasteiger partial charge in [0, 0.05) is 80.8 Å². The second-order valence-corrected chi connectivity index (χ2v) is 21.7. The zero-order valence-electron chi connectivity index (χ0n) is 43.3. The van der Waals surface area contributed by atoms with E-state index in [-0.39, 0.29) is 49.1 Å². The molecule has 0 spiro atoms. The molecular formula is C57H74N8O6. The van der Waals surface area contributed by atoms with Crippen LogP contribution in [0.2, 0.25) is 0 Å². The number of hydrogen-bond donors (Lipinski definition) is 2. The molecule has 14 heteroatoms. The Bertz CT molecular complexity index is 2740. The summed E-state index contributed by atoms with van der Waals surface area (Å²) in [5.41, 5.74) is 13.5. The van der Waals surface area contributed by atoms with Crippen molar-refractivity contribution >= 4 is 46.1 Å². The van der Waals surface area contributed by atoms with Gasteiger partial charge >= 0.3 is 5.97 Å². The van der Waals surface area contributed by atoms with Crippen molar-refractivity contribution in [2.75, 3.05) is 53.4 Å². The number of amides is 4. The van der Waals surface area contributed by atoms with E-state index in [0.717, 1.165) is 76.2 Å². The molecule has 2 fully saturated rings. The monoisotopic (exact) mass is 967 g/mol. The Morgan fingerprint density at radius 3 is 2.49 bits per heavy atom. The largest absolute Gasteiger partial charge is 0.464 e. The van der Waals surface area contributed by atoms with Crippen LogP contribution in [0.1, 0.15) is 102 Å². The Balaban J connectivity index is 1.20. The van der Waals surface area contributed by atoms with Crippen LogP contribution < -0.4 is 10.7 Å². The lowest BCUT2D eigenvalue weighted by Gasteiger charge is -2.37. The lowest BCUT2D eigenvalue weighted by atomic mass is 9.83. The third-order valence-corrected chi connectivity index (χ3v) is 15.0. The van der Waals surface area contributed by atoms with Crippen molar-refractivity contribution < 1.29 is 28.7 Å². The lowest BCUT2D eigenvalue weighted by Crippen LogP contribution is -2.62. The van der Waals surface area contributed by atoms with Crippen molar-refractivity contribution in [1.82, 2.24) is 40.0 Å². The van der Waals surface area contributed by atoms with Crippen LogP contribution in [-0.4, -0.2) is 130 Å². The average molecular weight is 967 g/mol. The zero-order valence-corrected chi connectivity index (χ0v) is 43.3. The number of ether oxygens (including phenoxy) is 1. The number of aromatic nitrogens is 2. The van der Waals surface area contributed by atoms with E-state index in [1.54, 1.807) is 11.9 Å². The first-order chi connectivity index (χ1) is 33.9. The van der Waals surface area contributed by atoms with Gasteiger partial charge in [0.05, 0.1) is 23.9 Å². The summed E-state index contributed by atoms with van der Waals surface area (Å²) in [5, 5.41) is 5.66. The number of carbonyl (C=O) groups excluding carboxylic acids is 5. The van der Waals surface area contributed by atoms with Gasteiger partial charge in [0.2, 0.25) is 17.7 Å². The molecule has 8 rings (SSSR count). The Labute approximate surface area is 419 Å². The Hall–Kier alpha value is -6.12. The summed E-state index contributed by atoms with van der Waals surface area (Å²) in [5.74, 6) is -2.36. The number of likely N-dealkylation sites (tertiary alicyclic amines) is 1. The van der Waals surface area contributed by atoms with Gasteiger partial charge in [0.15, 0.2) is 0 Å². The van der Waals surface area contributed by atoms with Crippen LogP contribution in [0.25, 0.3) is 38.9 Å². The van der Waals surface area contributed by atoms with Gasteiger partial charge in [-0.05, 0) is 116 Å². The zero-order chi connectivity index (χ0) is 50.9. The molecule has 6 bridgehead atoms. The molecule has 6 heterocycles. The van der Waals surface area contributed by atoms with E-state index < -0.39 is 41.3 Å². The molecule has 2 saturated heterocycles. The second kappa shape index (κ2) is 21.3. The van der Waals surface area contributed by atoms with Gasteiger partial charge in [0.25, 0.3) is 5.91 Å². The summed E-state index contributed by atoms with van der Waals surface area (Å²) in [7, 11) is 3.77. The highest BCUT2D eigenvalue weighted by atomic mass is 16.5. The normalized spacial score (nSPS) is 21.5. The van der Waals surface area contributed by atoms with Crippen LogP contribution in [0.5, 0.6) is 0 Å². The average Bonchev–Trinajstić information content (AvgIpc) is 3.97. The number of rotatable bonds is 10. The van der Waals surface area contributed by atoms with E-state index in [0.29, 0.717) is 38.8 Å².